The minimum atomic E-state index is -0.515. The number of nitrogens with zero attached hydrogens (tertiary/aromatic N) is 4. The molecule has 1 aliphatic rings. The number of carbonyl (C=O) groups excluding carboxylic acids is 1. The highest BCUT2D eigenvalue weighted by Crippen LogP contribution is 2.17. The molecule has 1 aliphatic heterocycles. The van der Waals surface area contributed by atoms with E-state index < -0.39 is 5.60 Å². The fraction of sp³-hybridized carbons (Fsp3) is 0.667. The molecule has 2 heterocycles. The summed E-state index contributed by atoms with van der Waals surface area (Å²) in [5.74, 6) is 0.592. The number of ether oxygens (including phenoxy) is 2. The zero-order valence-corrected chi connectivity index (χ0v) is 15.5. The first-order valence-electron chi connectivity index (χ1n) is 7.53. The zero-order chi connectivity index (χ0) is 17.0. The maximum Gasteiger partial charge on any atom is 0.410 e. The van der Waals surface area contributed by atoms with Gasteiger partial charge >= 0.3 is 6.09 Å². The molecule has 0 spiro atoms. The molecule has 1 saturated heterocycles. The van der Waals surface area contributed by atoms with Crippen molar-refractivity contribution in [2.24, 2.45) is 0 Å². The first kappa shape index (κ1) is 17.9. The molecule has 1 unspecified atom stereocenters. The molecule has 0 N–H and O–H groups in total. The van der Waals surface area contributed by atoms with Gasteiger partial charge in [0, 0.05) is 26.3 Å². The van der Waals surface area contributed by atoms with Crippen molar-refractivity contribution in [2.75, 3.05) is 38.3 Å². The van der Waals surface area contributed by atoms with E-state index in [1.165, 1.54) is 0 Å². The van der Waals surface area contributed by atoms with Crippen LogP contribution in [0.3, 0.4) is 0 Å². The second-order valence-corrected chi connectivity index (χ2v) is 7.27. The van der Waals surface area contributed by atoms with Crippen molar-refractivity contribution in [1.82, 2.24) is 14.9 Å². The smallest absolute Gasteiger partial charge is 0.410 e. The summed E-state index contributed by atoms with van der Waals surface area (Å²) < 4.78 is 11.7. The van der Waals surface area contributed by atoms with Crippen LogP contribution in [0.5, 0.6) is 0 Å². The number of aromatic nitrogens is 2. The number of hydrogen-bond donors (Lipinski definition) is 0. The van der Waals surface area contributed by atoms with E-state index in [1.807, 2.05) is 32.7 Å². The second-order valence-electron chi connectivity index (χ2n) is 6.46. The Morgan fingerprint density at radius 2 is 2.30 bits per heavy atom. The molecule has 0 radical (unpaired) electrons. The quantitative estimate of drug-likeness (QED) is 0.742. The van der Waals surface area contributed by atoms with Crippen LogP contribution in [-0.4, -0.2) is 66.0 Å². The maximum atomic E-state index is 12.4. The van der Waals surface area contributed by atoms with Crippen LogP contribution in [0.4, 0.5) is 10.7 Å². The van der Waals surface area contributed by atoms with Crippen molar-refractivity contribution >= 4 is 28.0 Å². The highest BCUT2D eigenvalue weighted by Gasteiger charge is 2.32. The Morgan fingerprint density at radius 3 is 2.96 bits per heavy atom. The molecule has 2 rings (SSSR count). The van der Waals surface area contributed by atoms with Crippen LogP contribution in [0, 0.1) is 0 Å². The number of halogens is 1. The van der Waals surface area contributed by atoms with Gasteiger partial charge in [0.05, 0.1) is 19.3 Å². The van der Waals surface area contributed by atoms with Gasteiger partial charge in [0.1, 0.15) is 10.2 Å². The van der Waals surface area contributed by atoms with Crippen LogP contribution in [0.1, 0.15) is 20.8 Å². The summed E-state index contributed by atoms with van der Waals surface area (Å²) >= 11 is 3.34. The van der Waals surface area contributed by atoms with Gasteiger partial charge in [-0.25, -0.2) is 14.8 Å². The van der Waals surface area contributed by atoms with Gasteiger partial charge < -0.3 is 14.4 Å². The average molecular weight is 387 g/mol. The van der Waals surface area contributed by atoms with Crippen molar-refractivity contribution in [3.63, 3.8) is 0 Å². The lowest BCUT2D eigenvalue weighted by molar-refractivity contribution is -0.0301. The van der Waals surface area contributed by atoms with Crippen molar-refractivity contribution in [2.45, 2.75) is 32.4 Å². The van der Waals surface area contributed by atoms with E-state index in [9.17, 15) is 4.79 Å². The van der Waals surface area contributed by atoms with Crippen molar-refractivity contribution < 1.29 is 14.3 Å². The number of rotatable bonds is 3. The number of anilines is 1. The van der Waals surface area contributed by atoms with Gasteiger partial charge in [0.2, 0.25) is 5.95 Å². The predicted octanol–water partition coefficient (Wildman–Crippen LogP) is 2.31. The highest BCUT2D eigenvalue weighted by molar-refractivity contribution is 9.10. The summed E-state index contributed by atoms with van der Waals surface area (Å²) in [6, 6.07) is 1.67. The Bertz CT molecular complexity index is 550. The Kier molecular flexibility index (Phi) is 5.80. The third kappa shape index (κ3) is 5.31. The molecule has 1 atom stereocenters. The van der Waals surface area contributed by atoms with Gasteiger partial charge in [-0.05, 0) is 42.8 Å². The van der Waals surface area contributed by atoms with Crippen LogP contribution in [0.25, 0.3) is 0 Å². The summed E-state index contributed by atoms with van der Waals surface area (Å²) in [5.41, 5.74) is -0.515. The molecule has 0 bridgehead atoms. The molecule has 1 aromatic rings. The van der Waals surface area contributed by atoms with E-state index in [-0.39, 0.29) is 12.1 Å². The van der Waals surface area contributed by atoms with E-state index in [4.69, 9.17) is 9.47 Å². The number of hydrogen-bond acceptors (Lipinski definition) is 6. The predicted molar refractivity (Wildman–Crippen MR) is 90.5 cm³/mol. The molecule has 128 valence electrons. The molecule has 7 nitrogen and oxygen atoms in total. The van der Waals surface area contributed by atoms with E-state index in [1.54, 1.807) is 17.2 Å². The lowest BCUT2D eigenvalue weighted by atomic mass is 10.2. The first-order chi connectivity index (χ1) is 10.8. The van der Waals surface area contributed by atoms with Crippen LogP contribution in [-0.2, 0) is 9.47 Å². The first-order valence-corrected chi connectivity index (χ1v) is 8.32. The number of carbonyl (C=O) groups is 1. The molecular weight excluding hydrogens is 364 g/mol. The van der Waals surface area contributed by atoms with Crippen LogP contribution in [0.15, 0.2) is 16.9 Å². The minimum Gasteiger partial charge on any atom is -0.444 e. The van der Waals surface area contributed by atoms with Crippen LogP contribution in [0.2, 0.25) is 0 Å². The zero-order valence-electron chi connectivity index (χ0n) is 14.0. The Morgan fingerprint density at radius 1 is 1.57 bits per heavy atom. The largest absolute Gasteiger partial charge is 0.444 e. The molecule has 1 amide bonds. The Labute approximate surface area is 145 Å². The van der Waals surface area contributed by atoms with Gasteiger partial charge in [-0.3, -0.25) is 4.90 Å². The standard InChI is InChI=1S/C15H23BrN4O3/c1-15(2,3)23-14(21)20-7-8-22-10-11(20)9-19(4)13-17-6-5-12(16)18-13/h5-6,11H,7-10H2,1-4H3. The van der Waals surface area contributed by atoms with E-state index in [0.29, 0.717) is 32.3 Å². The van der Waals surface area contributed by atoms with Crippen molar-refractivity contribution in [1.29, 1.82) is 0 Å². The van der Waals surface area contributed by atoms with Gasteiger partial charge in [0.15, 0.2) is 0 Å². The molecule has 8 heteroatoms. The molecule has 0 aromatic carbocycles. The van der Waals surface area contributed by atoms with E-state index in [2.05, 4.69) is 25.9 Å². The number of likely N-dealkylation sites (N-methyl/N-ethyl adjacent to an activating group) is 1. The molecule has 23 heavy (non-hydrogen) atoms. The Balaban J connectivity index is 2.05. The topological polar surface area (TPSA) is 67.8 Å². The SMILES string of the molecule is CN(CC1COCCN1C(=O)OC(C)(C)C)c1nccc(Br)n1. The summed E-state index contributed by atoms with van der Waals surface area (Å²) in [6.07, 6.45) is 1.38. The van der Waals surface area contributed by atoms with Crippen molar-refractivity contribution in [3.05, 3.63) is 16.9 Å². The normalized spacial score (nSPS) is 18.7. The minimum absolute atomic E-state index is 0.105. The lowest BCUT2D eigenvalue weighted by Gasteiger charge is -2.38. The Hall–Kier alpha value is -1.41. The fourth-order valence-corrected chi connectivity index (χ4v) is 2.55. The number of morpholine rings is 1. The summed E-state index contributed by atoms with van der Waals surface area (Å²) in [4.78, 5) is 24.6. The lowest BCUT2D eigenvalue weighted by Crippen LogP contribution is -2.54. The fourth-order valence-electron chi connectivity index (χ4n) is 2.28. The number of amides is 1. The van der Waals surface area contributed by atoms with Gasteiger partial charge in [-0.2, -0.15) is 0 Å². The molecule has 0 aliphatic carbocycles. The van der Waals surface area contributed by atoms with Gasteiger partial charge in [-0.1, -0.05) is 0 Å². The molecule has 1 aromatic heterocycles. The highest BCUT2D eigenvalue weighted by atomic mass is 79.9. The van der Waals surface area contributed by atoms with Crippen LogP contribution >= 0.6 is 15.9 Å². The molecule has 0 saturated carbocycles. The third-order valence-corrected chi connectivity index (χ3v) is 3.73. The average Bonchev–Trinajstić information content (AvgIpc) is 2.46. The maximum absolute atomic E-state index is 12.4. The third-order valence-electron chi connectivity index (χ3n) is 3.29. The summed E-state index contributed by atoms with van der Waals surface area (Å²) in [5, 5.41) is 0. The summed E-state index contributed by atoms with van der Waals surface area (Å²) in [7, 11) is 1.89. The van der Waals surface area contributed by atoms with Crippen molar-refractivity contribution in [3.8, 4) is 0 Å². The monoisotopic (exact) mass is 386 g/mol. The second kappa shape index (κ2) is 7.44. The van der Waals surface area contributed by atoms with Gasteiger partial charge in [0.25, 0.3) is 0 Å². The van der Waals surface area contributed by atoms with Crippen LogP contribution < -0.4 is 4.90 Å². The van der Waals surface area contributed by atoms with E-state index >= 15 is 0 Å². The molecule has 1 fully saturated rings. The molecular formula is C15H23BrN4O3. The van der Waals surface area contributed by atoms with Gasteiger partial charge in [-0.15, -0.1) is 0 Å². The summed E-state index contributed by atoms with van der Waals surface area (Å²) in [6.45, 7) is 7.67. The van der Waals surface area contributed by atoms with E-state index in [0.717, 1.165) is 4.60 Å².